The summed E-state index contributed by atoms with van der Waals surface area (Å²) in [5.41, 5.74) is 1.73. The van der Waals surface area contributed by atoms with Gasteiger partial charge in [0.2, 0.25) is 0 Å². The Labute approximate surface area is 113 Å². The van der Waals surface area contributed by atoms with E-state index in [1.807, 2.05) is 0 Å². The van der Waals surface area contributed by atoms with Gasteiger partial charge in [0.05, 0.1) is 5.56 Å². The van der Waals surface area contributed by atoms with Crippen LogP contribution in [0.4, 0.5) is 0 Å². The molecule has 0 unspecified atom stereocenters. The SMILES string of the molecule is Cc1cc(=O)[nH]c(SCc2ccc(C(=O)O)cc2)n1. The van der Waals surface area contributed by atoms with E-state index in [4.69, 9.17) is 5.11 Å². The van der Waals surface area contributed by atoms with E-state index < -0.39 is 5.97 Å². The molecular formula is C13H12N2O3S. The average molecular weight is 276 g/mol. The van der Waals surface area contributed by atoms with Gasteiger partial charge in [-0.15, -0.1) is 0 Å². The molecule has 0 saturated carbocycles. The van der Waals surface area contributed by atoms with Crippen LogP contribution in [0.15, 0.2) is 40.3 Å². The lowest BCUT2D eigenvalue weighted by Crippen LogP contribution is -2.08. The molecular weight excluding hydrogens is 264 g/mol. The van der Waals surface area contributed by atoms with E-state index in [0.717, 1.165) is 5.56 Å². The summed E-state index contributed by atoms with van der Waals surface area (Å²) < 4.78 is 0. The van der Waals surface area contributed by atoms with Crippen molar-refractivity contribution in [2.24, 2.45) is 0 Å². The molecule has 0 spiro atoms. The highest BCUT2D eigenvalue weighted by Crippen LogP contribution is 2.18. The highest BCUT2D eigenvalue weighted by Gasteiger charge is 2.03. The zero-order valence-electron chi connectivity index (χ0n) is 10.2. The number of aromatic carboxylic acids is 1. The highest BCUT2D eigenvalue weighted by atomic mass is 32.2. The smallest absolute Gasteiger partial charge is 0.335 e. The van der Waals surface area contributed by atoms with E-state index in [1.165, 1.54) is 17.8 Å². The molecule has 1 aromatic carbocycles. The van der Waals surface area contributed by atoms with Crippen molar-refractivity contribution in [2.75, 3.05) is 0 Å². The number of benzene rings is 1. The van der Waals surface area contributed by atoms with Crippen molar-refractivity contribution in [1.29, 1.82) is 0 Å². The lowest BCUT2D eigenvalue weighted by atomic mass is 10.1. The Hall–Kier alpha value is -2.08. The molecule has 0 saturated heterocycles. The molecule has 1 heterocycles. The molecule has 2 aromatic rings. The maximum Gasteiger partial charge on any atom is 0.335 e. The fraction of sp³-hybridized carbons (Fsp3) is 0.154. The van der Waals surface area contributed by atoms with Crippen LogP contribution >= 0.6 is 11.8 Å². The lowest BCUT2D eigenvalue weighted by Gasteiger charge is -2.02. The van der Waals surface area contributed by atoms with Gasteiger partial charge >= 0.3 is 5.97 Å². The number of rotatable bonds is 4. The Morgan fingerprint density at radius 1 is 1.37 bits per heavy atom. The van der Waals surface area contributed by atoms with Gasteiger partial charge in [0.1, 0.15) is 0 Å². The third-order valence-corrected chi connectivity index (χ3v) is 3.37. The van der Waals surface area contributed by atoms with Gasteiger partial charge < -0.3 is 10.1 Å². The molecule has 0 atom stereocenters. The van der Waals surface area contributed by atoms with Crippen molar-refractivity contribution in [3.05, 3.63) is 57.5 Å². The number of carboxylic acid groups (broad SMARTS) is 1. The van der Waals surface area contributed by atoms with Gasteiger partial charge in [0.15, 0.2) is 5.16 Å². The first-order valence-electron chi connectivity index (χ1n) is 5.57. The van der Waals surface area contributed by atoms with E-state index in [0.29, 0.717) is 16.6 Å². The minimum Gasteiger partial charge on any atom is -0.478 e. The number of thioether (sulfide) groups is 1. The van der Waals surface area contributed by atoms with Crippen LogP contribution in [0, 0.1) is 6.92 Å². The van der Waals surface area contributed by atoms with Crippen molar-refractivity contribution in [3.8, 4) is 0 Å². The molecule has 19 heavy (non-hydrogen) atoms. The van der Waals surface area contributed by atoms with Crippen LogP contribution in [-0.2, 0) is 5.75 Å². The molecule has 0 aliphatic carbocycles. The van der Waals surface area contributed by atoms with Crippen LogP contribution < -0.4 is 5.56 Å². The molecule has 98 valence electrons. The molecule has 0 aliphatic rings. The van der Waals surface area contributed by atoms with Crippen molar-refractivity contribution in [1.82, 2.24) is 9.97 Å². The number of hydrogen-bond acceptors (Lipinski definition) is 4. The predicted molar refractivity (Wildman–Crippen MR) is 72.6 cm³/mol. The van der Waals surface area contributed by atoms with E-state index in [9.17, 15) is 9.59 Å². The monoisotopic (exact) mass is 276 g/mol. The Bertz CT molecular complexity index is 650. The number of aromatic amines is 1. The maximum atomic E-state index is 11.3. The average Bonchev–Trinajstić information content (AvgIpc) is 2.36. The Morgan fingerprint density at radius 3 is 2.63 bits per heavy atom. The summed E-state index contributed by atoms with van der Waals surface area (Å²) in [6, 6.07) is 8.07. The first-order chi connectivity index (χ1) is 9.04. The number of hydrogen-bond donors (Lipinski definition) is 2. The number of H-pyrrole nitrogens is 1. The predicted octanol–water partition coefficient (Wildman–Crippen LogP) is 2.07. The molecule has 0 radical (unpaired) electrons. The number of nitrogens with one attached hydrogen (secondary N) is 1. The van der Waals surface area contributed by atoms with Gasteiger partial charge in [-0.1, -0.05) is 23.9 Å². The summed E-state index contributed by atoms with van der Waals surface area (Å²) in [5.74, 6) is -0.323. The fourth-order valence-electron chi connectivity index (χ4n) is 1.52. The van der Waals surface area contributed by atoms with E-state index in [2.05, 4.69) is 9.97 Å². The summed E-state index contributed by atoms with van der Waals surface area (Å²) in [4.78, 5) is 28.8. The van der Waals surface area contributed by atoms with Gasteiger partial charge in [0.25, 0.3) is 5.56 Å². The zero-order valence-corrected chi connectivity index (χ0v) is 11.0. The van der Waals surface area contributed by atoms with Gasteiger partial charge in [-0.2, -0.15) is 0 Å². The van der Waals surface area contributed by atoms with E-state index in [-0.39, 0.29) is 11.1 Å². The molecule has 6 heteroatoms. The van der Waals surface area contributed by atoms with Crippen LogP contribution in [0.25, 0.3) is 0 Å². The van der Waals surface area contributed by atoms with Crippen LogP contribution in [0.5, 0.6) is 0 Å². The largest absolute Gasteiger partial charge is 0.478 e. The minimum atomic E-state index is -0.941. The zero-order chi connectivity index (χ0) is 13.8. The quantitative estimate of drug-likeness (QED) is 0.659. The van der Waals surface area contributed by atoms with Gasteiger partial charge in [-0.05, 0) is 24.6 Å². The molecule has 0 amide bonds. The van der Waals surface area contributed by atoms with Crippen LogP contribution in [0.3, 0.4) is 0 Å². The van der Waals surface area contributed by atoms with Crippen LogP contribution in [-0.4, -0.2) is 21.0 Å². The second-order valence-electron chi connectivity index (χ2n) is 3.98. The second-order valence-corrected chi connectivity index (χ2v) is 4.95. The number of aryl methyl sites for hydroxylation is 1. The first-order valence-corrected chi connectivity index (χ1v) is 6.56. The summed E-state index contributed by atoms with van der Waals surface area (Å²) in [6.45, 7) is 1.76. The number of aromatic nitrogens is 2. The molecule has 0 bridgehead atoms. The van der Waals surface area contributed by atoms with Crippen LogP contribution in [0.1, 0.15) is 21.6 Å². The summed E-state index contributed by atoms with van der Waals surface area (Å²) in [7, 11) is 0. The van der Waals surface area contributed by atoms with Crippen molar-refractivity contribution in [3.63, 3.8) is 0 Å². The van der Waals surface area contributed by atoms with Crippen LogP contribution in [0.2, 0.25) is 0 Å². The summed E-state index contributed by atoms with van der Waals surface area (Å²) in [6.07, 6.45) is 0. The first kappa shape index (κ1) is 13.4. The fourth-order valence-corrected chi connectivity index (χ4v) is 2.39. The number of carboxylic acids is 1. The Kier molecular flexibility index (Phi) is 4.01. The molecule has 1 aromatic heterocycles. The summed E-state index contributed by atoms with van der Waals surface area (Å²) >= 11 is 1.40. The van der Waals surface area contributed by atoms with E-state index in [1.54, 1.807) is 31.2 Å². The molecule has 2 rings (SSSR count). The minimum absolute atomic E-state index is 0.170. The van der Waals surface area contributed by atoms with Crippen molar-refractivity contribution >= 4 is 17.7 Å². The molecule has 5 nitrogen and oxygen atoms in total. The summed E-state index contributed by atoms with van der Waals surface area (Å²) in [5, 5.41) is 9.35. The van der Waals surface area contributed by atoms with Crippen molar-refractivity contribution in [2.45, 2.75) is 17.8 Å². The highest BCUT2D eigenvalue weighted by molar-refractivity contribution is 7.98. The lowest BCUT2D eigenvalue weighted by molar-refractivity contribution is 0.0697. The second kappa shape index (κ2) is 5.71. The third kappa shape index (κ3) is 3.69. The van der Waals surface area contributed by atoms with Gasteiger partial charge in [0, 0.05) is 17.5 Å². The van der Waals surface area contributed by atoms with Crippen molar-refractivity contribution < 1.29 is 9.90 Å². The Morgan fingerprint density at radius 2 is 2.05 bits per heavy atom. The number of carbonyl (C=O) groups is 1. The molecule has 0 aliphatic heterocycles. The van der Waals surface area contributed by atoms with Gasteiger partial charge in [-0.25, -0.2) is 9.78 Å². The van der Waals surface area contributed by atoms with Gasteiger partial charge in [-0.3, -0.25) is 4.79 Å². The number of nitrogens with zero attached hydrogens (tertiary/aromatic N) is 1. The topological polar surface area (TPSA) is 83.0 Å². The third-order valence-electron chi connectivity index (χ3n) is 2.42. The standard InChI is InChI=1S/C13H12N2O3S/c1-8-6-11(16)15-13(14-8)19-7-9-2-4-10(5-3-9)12(17)18/h2-6H,7H2,1H3,(H,17,18)(H,14,15,16). The molecule has 0 fully saturated rings. The maximum absolute atomic E-state index is 11.3. The molecule has 2 N–H and O–H groups in total. The Balaban J connectivity index is 2.06. The normalized spacial score (nSPS) is 10.4. The van der Waals surface area contributed by atoms with E-state index >= 15 is 0 Å².